The molecule has 0 radical (unpaired) electrons. The molecule has 0 atom stereocenters. The molecule has 3 rings (SSSR count). The molecule has 7 nitrogen and oxygen atoms in total. The maximum atomic E-state index is 13.2. The number of carbonyl (C=O) groups is 2. The Kier molecular flexibility index (Phi) is 9.26. The van der Waals surface area contributed by atoms with Crippen molar-refractivity contribution in [1.29, 1.82) is 0 Å². The van der Waals surface area contributed by atoms with Crippen molar-refractivity contribution in [2.75, 3.05) is 23.7 Å². The number of aromatic nitrogens is 2. The van der Waals surface area contributed by atoms with E-state index < -0.39 is 6.03 Å². The average molecular weight is 545 g/mol. The van der Waals surface area contributed by atoms with E-state index in [1.165, 1.54) is 4.90 Å². The van der Waals surface area contributed by atoms with Crippen LogP contribution in [-0.4, -0.2) is 39.7 Å². The van der Waals surface area contributed by atoms with Gasteiger partial charge in [-0.25, -0.2) is 9.48 Å². The van der Waals surface area contributed by atoms with Gasteiger partial charge in [-0.3, -0.25) is 4.79 Å². The first-order valence-corrected chi connectivity index (χ1v) is 13.1. The minimum absolute atomic E-state index is 0.148. The van der Waals surface area contributed by atoms with E-state index >= 15 is 0 Å². The molecule has 0 spiro atoms. The lowest BCUT2D eigenvalue weighted by Crippen LogP contribution is -2.41. The van der Waals surface area contributed by atoms with E-state index in [1.807, 2.05) is 37.3 Å². The highest BCUT2D eigenvalue weighted by Gasteiger charge is 2.24. The van der Waals surface area contributed by atoms with Gasteiger partial charge in [0, 0.05) is 18.0 Å². The molecular formula is C28H35Cl2N5O2. The van der Waals surface area contributed by atoms with Gasteiger partial charge in [0.05, 0.1) is 27.1 Å². The molecule has 0 saturated heterocycles. The van der Waals surface area contributed by atoms with Gasteiger partial charge in [-0.1, -0.05) is 76.0 Å². The van der Waals surface area contributed by atoms with Crippen molar-refractivity contribution in [2.24, 2.45) is 5.92 Å². The van der Waals surface area contributed by atoms with Gasteiger partial charge < -0.3 is 15.5 Å². The first-order chi connectivity index (χ1) is 17.3. The summed E-state index contributed by atoms with van der Waals surface area (Å²) in [5.74, 6) is 0.552. The van der Waals surface area contributed by atoms with Crippen LogP contribution in [0.1, 0.15) is 52.3 Å². The van der Waals surface area contributed by atoms with Gasteiger partial charge in [0.2, 0.25) is 5.91 Å². The van der Waals surface area contributed by atoms with Crippen LogP contribution in [-0.2, 0) is 10.2 Å². The fourth-order valence-electron chi connectivity index (χ4n) is 3.62. The molecule has 198 valence electrons. The van der Waals surface area contributed by atoms with Crippen LogP contribution in [0.3, 0.4) is 0 Å². The number of urea groups is 1. The van der Waals surface area contributed by atoms with Crippen LogP contribution in [0.15, 0.2) is 48.5 Å². The third kappa shape index (κ3) is 7.73. The number of para-hydroxylation sites is 1. The minimum Gasteiger partial charge on any atom is -0.315 e. The van der Waals surface area contributed by atoms with Crippen LogP contribution >= 0.6 is 23.2 Å². The summed E-state index contributed by atoms with van der Waals surface area (Å²) >= 11 is 12.5. The molecule has 3 aromatic rings. The number of halogens is 2. The van der Waals surface area contributed by atoms with Crippen molar-refractivity contribution < 1.29 is 9.59 Å². The Labute approximate surface area is 229 Å². The maximum Gasteiger partial charge on any atom is 0.322 e. The van der Waals surface area contributed by atoms with Gasteiger partial charge in [0.25, 0.3) is 0 Å². The lowest BCUT2D eigenvalue weighted by molar-refractivity contribution is -0.116. The highest BCUT2D eigenvalue weighted by atomic mass is 35.5. The standard InChI is InChI=1S/C28H35Cl2N5O2/c1-18(2)13-14-34(27(37)32-26-21(29)11-8-12-22(26)30)17-25(36)31-24-16-23(28(4,5)6)33-35(24)20-10-7-9-19(3)15-20/h7-12,15-16,18H,13-14,17H2,1-6H3,(H,31,36)(H,32,37). The number of hydrogen-bond acceptors (Lipinski definition) is 3. The second-order valence-corrected chi connectivity index (χ2v) is 11.4. The number of rotatable bonds is 8. The summed E-state index contributed by atoms with van der Waals surface area (Å²) < 4.78 is 1.73. The molecule has 0 saturated carbocycles. The molecule has 2 N–H and O–H groups in total. The predicted molar refractivity (Wildman–Crippen MR) is 152 cm³/mol. The van der Waals surface area contributed by atoms with Crippen LogP contribution in [0, 0.1) is 12.8 Å². The highest BCUT2D eigenvalue weighted by Crippen LogP contribution is 2.30. The third-order valence-electron chi connectivity index (χ3n) is 5.78. The average Bonchev–Trinajstić information content (AvgIpc) is 3.23. The summed E-state index contributed by atoms with van der Waals surface area (Å²) in [4.78, 5) is 27.9. The Morgan fingerprint density at radius 1 is 1.03 bits per heavy atom. The topological polar surface area (TPSA) is 79.3 Å². The summed E-state index contributed by atoms with van der Waals surface area (Å²) in [6.45, 7) is 12.6. The molecule has 3 amide bonds. The highest BCUT2D eigenvalue weighted by molar-refractivity contribution is 6.39. The van der Waals surface area contributed by atoms with Gasteiger partial charge >= 0.3 is 6.03 Å². The summed E-state index contributed by atoms with van der Waals surface area (Å²) in [6, 6.07) is 14.3. The SMILES string of the molecule is Cc1cccc(-n2nc(C(C)(C)C)cc2NC(=O)CN(CCC(C)C)C(=O)Nc2c(Cl)cccc2Cl)c1. The van der Waals surface area contributed by atoms with Crippen molar-refractivity contribution in [2.45, 2.75) is 53.4 Å². The normalized spacial score (nSPS) is 11.5. The molecule has 0 fully saturated rings. The Morgan fingerprint density at radius 2 is 1.68 bits per heavy atom. The lowest BCUT2D eigenvalue weighted by Gasteiger charge is -2.24. The van der Waals surface area contributed by atoms with Gasteiger partial charge in [0.15, 0.2) is 0 Å². The van der Waals surface area contributed by atoms with Crippen molar-refractivity contribution in [1.82, 2.24) is 14.7 Å². The molecule has 1 heterocycles. The van der Waals surface area contributed by atoms with Gasteiger partial charge in [-0.05, 0) is 49.1 Å². The summed E-state index contributed by atoms with van der Waals surface area (Å²) in [7, 11) is 0. The van der Waals surface area contributed by atoms with Crippen molar-refractivity contribution in [3.8, 4) is 5.69 Å². The molecule has 9 heteroatoms. The van der Waals surface area contributed by atoms with E-state index in [4.69, 9.17) is 28.3 Å². The van der Waals surface area contributed by atoms with Crippen molar-refractivity contribution >= 4 is 46.6 Å². The molecule has 0 aliphatic heterocycles. The number of aryl methyl sites for hydroxylation is 1. The third-order valence-corrected chi connectivity index (χ3v) is 6.41. The first kappa shape index (κ1) is 28.5. The fourth-order valence-corrected chi connectivity index (χ4v) is 4.11. The molecule has 37 heavy (non-hydrogen) atoms. The maximum absolute atomic E-state index is 13.2. The second kappa shape index (κ2) is 12.0. The van der Waals surface area contributed by atoms with Gasteiger partial charge in [-0.2, -0.15) is 5.10 Å². The zero-order chi connectivity index (χ0) is 27.3. The molecule has 2 aromatic carbocycles. The number of hydrogen-bond donors (Lipinski definition) is 2. The smallest absolute Gasteiger partial charge is 0.315 e. The van der Waals surface area contributed by atoms with Crippen LogP contribution in [0.4, 0.5) is 16.3 Å². The zero-order valence-electron chi connectivity index (χ0n) is 22.2. The van der Waals surface area contributed by atoms with Crippen LogP contribution in [0.25, 0.3) is 5.69 Å². The van der Waals surface area contributed by atoms with E-state index in [0.29, 0.717) is 34.0 Å². The summed E-state index contributed by atoms with van der Waals surface area (Å²) in [5.41, 5.74) is 2.86. The fraction of sp³-hybridized carbons (Fsp3) is 0.393. The predicted octanol–water partition coefficient (Wildman–Crippen LogP) is 7.30. The second-order valence-electron chi connectivity index (χ2n) is 10.6. The molecule has 0 aliphatic rings. The van der Waals surface area contributed by atoms with Crippen LogP contribution in [0.5, 0.6) is 0 Å². The summed E-state index contributed by atoms with van der Waals surface area (Å²) in [5, 5.41) is 11.2. The van der Waals surface area contributed by atoms with Crippen LogP contribution in [0.2, 0.25) is 10.0 Å². The molecule has 0 aliphatic carbocycles. The number of benzene rings is 2. The van der Waals surface area contributed by atoms with E-state index in [9.17, 15) is 9.59 Å². The quantitative estimate of drug-likeness (QED) is 0.312. The van der Waals surface area contributed by atoms with Gasteiger partial charge in [0.1, 0.15) is 12.4 Å². The largest absolute Gasteiger partial charge is 0.322 e. The lowest BCUT2D eigenvalue weighted by atomic mass is 9.92. The van der Waals surface area contributed by atoms with Crippen LogP contribution < -0.4 is 10.6 Å². The van der Waals surface area contributed by atoms with E-state index in [1.54, 1.807) is 22.9 Å². The summed E-state index contributed by atoms with van der Waals surface area (Å²) in [6.07, 6.45) is 0.729. The number of nitrogens with one attached hydrogen (secondary N) is 2. The Morgan fingerprint density at radius 3 is 2.27 bits per heavy atom. The Bertz CT molecular complexity index is 1240. The minimum atomic E-state index is -0.451. The molecule has 0 bridgehead atoms. The first-order valence-electron chi connectivity index (χ1n) is 12.3. The zero-order valence-corrected chi connectivity index (χ0v) is 23.7. The monoisotopic (exact) mass is 543 g/mol. The Hall–Kier alpha value is -3.03. The number of nitrogens with zero attached hydrogens (tertiary/aromatic N) is 3. The Balaban J connectivity index is 1.85. The van der Waals surface area contributed by atoms with Crippen molar-refractivity contribution in [3.05, 3.63) is 69.8 Å². The van der Waals surface area contributed by atoms with Gasteiger partial charge in [-0.15, -0.1) is 0 Å². The molecular weight excluding hydrogens is 509 g/mol. The molecule has 0 unspecified atom stereocenters. The van der Waals surface area contributed by atoms with E-state index in [-0.39, 0.29) is 17.9 Å². The number of carbonyl (C=O) groups excluding carboxylic acids is 2. The number of amides is 3. The number of anilines is 2. The van der Waals surface area contributed by atoms with E-state index in [2.05, 4.69) is 45.3 Å². The molecule has 1 aromatic heterocycles. The van der Waals surface area contributed by atoms with E-state index in [0.717, 1.165) is 23.4 Å². The van der Waals surface area contributed by atoms with Crippen molar-refractivity contribution in [3.63, 3.8) is 0 Å².